The number of carbonyl (C=O) groups is 1. The van der Waals surface area contributed by atoms with E-state index in [0.29, 0.717) is 35.2 Å². The van der Waals surface area contributed by atoms with Gasteiger partial charge in [-0.1, -0.05) is 42.3 Å². The topological polar surface area (TPSA) is 111 Å². The number of anilines is 2. The first-order chi connectivity index (χ1) is 18.1. The van der Waals surface area contributed by atoms with Crippen LogP contribution in [0.25, 0.3) is 11.0 Å². The molecule has 6 rings (SSSR count). The number of nitrogen functional groups attached to an aromatic ring is 1. The normalized spacial score (nSPS) is 17.3. The molecule has 9 heteroatoms. The molecule has 0 bridgehead atoms. The van der Waals surface area contributed by atoms with E-state index in [0.717, 1.165) is 41.6 Å². The lowest BCUT2D eigenvalue weighted by Crippen LogP contribution is -2.33. The fourth-order valence-electron chi connectivity index (χ4n) is 4.76. The van der Waals surface area contributed by atoms with Gasteiger partial charge in [0, 0.05) is 17.7 Å². The summed E-state index contributed by atoms with van der Waals surface area (Å²) in [5.41, 5.74) is 10.9. The van der Waals surface area contributed by atoms with E-state index in [4.69, 9.17) is 15.7 Å². The van der Waals surface area contributed by atoms with Crippen molar-refractivity contribution in [1.29, 1.82) is 0 Å². The molecule has 3 N–H and O–H groups in total. The third kappa shape index (κ3) is 4.36. The zero-order valence-corrected chi connectivity index (χ0v) is 20.5. The van der Waals surface area contributed by atoms with Crippen LogP contribution in [0, 0.1) is 18.8 Å². The van der Waals surface area contributed by atoms with Crippen LogP contribution in [-0.4, -0.2) is 37.4 Å². The van der Waals surface area contributed by atoms with Crippen LogP contribution < -0.4 is 11.1 Å². The molecule has 1 aliphatic heterocycles. The van der Waals surface area contributed by atoms with Gasteiger partial charge in [-0.3, -0.25) is 4.84 Å². The Hall–Kier alpha value is -4.42. The van der Waals surface area contributed by atoms with E-state index in [9.17, 15) is 4.79 Å². The van der Waals surface area contributed by atoms with Gasteiger partial charge < -0.3 is 11.1 Å². The largest absolute Gasteiger partial charge is 0.383 e. The van der Waals surface area contributed by atoms with Gasteiger partial charge in [-0.05, 0) is 55.4 Å². The lowest BCUT2D eigenvalue weighted by molar-refractivity contribution is -0.0829. The molecule has 1 aliphatic carbocycles. The second-order valence-electron chi connectivity index (χ2n) is 9.42. The average Bonchev–Trinajstić information content (AvgIpc) is 3.50. The molecule has 4 aromatic rings. The quantitative estimate of drug-likeness (QED) is 0.399. The smallest absolute Gasteiger partial charge is 0.346 e. The Morgan fingerprint density at radius 2 is 1.95 bits per heavy atom. The van der Waals surface area contributed by atoms with Crippen molar-refractivity contribution in [1.82, 2.24) is 24.8 Å². The first-order valence-corrected chi connectivity index (χ1v) is 12.5. The molecule has 2 fully saturated rings. The molecule has 2 aliphatic rings. The molecular weight excluding hydrogens is 466 g/mol. The Labute approximate surface area is 214 Å². The summed E-state index contributed by atoms with van der Waals surface area (Å²) >= 11 is 0. The minimum atomic E-state index is -0.315. The van der Waals surface area contributed by atoms with E-state index in [2.05, 4.69) is 27.1 Å². The van der Waals surface area contributed by atoms with Crippen molar-refractivity contribution in [3.05, 3.63) is 77.2 Å². The van der Waals surface area contributed by atoms with Crippen LogP contribution in [0.3, 0.4) is 0 Å². The summed E-state index contributed by atoms with van der Waals surface area (Å²) in [7, 11) is 0. The minimum Gasteiger partial charge on any atom is -0.383 e. The van der Waals surface area contributed by atoms with Gasteiger partial charge in [0.25, 0.3) is 0 Å². The molecule has 1 atom stereocenters. The zero-order valence-electron chi connectivity index (χ0n) is 20.5. The van der Waals surface area contributed by atoms with E-state index in [1.54, 1.807) is 0 Å². The van der Waals surface area contributed by atoms with E-state index in [-0.39, 0.29) is 12.1 Å². The summed E-state index contributed by atoms with van der Waals surface area (Å²) in [6, 6.07) is 15.4. The third-order valence-corrected chi connectivity index (χ3v) is 7.03. The first-order valence-electron chi connectivity index (χ1n) is 12.5. The van der Waals surface area contributed by atoms with Gasteiger partial charge >= 0.3 is 6.03 Å². The molecule has 0 spiro atoms. The lowest BCUT2D eigenvalue weighted by Gasteiger charge is -2.25. The number of aryl methyl sites for hydroxylation is 1. The van der Waals surface area contributed by atoms with Gasteiger partial charge in [0.15, 0.2) is 5.65 Å². The van der Waals surface area contributed by atoms with Gasteiger partial charge in [-0.2, -0.15) is 10.2 Å². The van der Waals surface area contributed by atoms with E-state index in [1.165, 1.54) is 17.8 Å². The molecule has 37 heavy (non-hydrogen) atoms. The number of hydroxylamine groups is 2. The summed E-state index contributed by atoms with van der Waals surface area (Å²) in [5, 5.41) is 9.80. The highest BCUT2D eigenvalue weighted by molar-refractivity contribution is 5.91. The number of benzene rings is 2. The average molecular weight is 494 g/mol. The number of carbonyl (C=O) groups excluding carboxylic acids is 1. The SMILES string of the molecule is Cc1ccc(NC(=O)N2OCC[C@@H]2c2ccccc2)cc1C#Cc1nn(C2CCC2)c2ncnc(N)c12. The van der Waals surface area contributed by atoms with Gasteiger partial charge in [-0.15, -0.1) is 0 Å². The van der Waals surface area contributed by atoms with Crippen molar-refractivity contribution in [3.63, 3.8) is 0 Å². The number of hydrogen-bond acceptors (Lipinski definition) is 6. The highest BCUT2D eigenvalue weighted by Crippen LogP contribution is 2.35. The standard InChI is InChI=1S/C28H27N7O2/c1-18-10-12-21(32-28(36)35-24(14-15-37-35)19-6-3-2-4-7-19)16-20(18)11-13-23-25-26(29)30-17-31-27(25)34(33-23)22-8-5-9-22/h2-4,6-7,10,12,16-17,22,24H,5,8-9,14-15H2,1H3,(H,32,36)(H2,29,30,31)/t24-/m1/s1. The molecule has 3 heterocycles. The minimum absolute atomic E-state index is 0.127. The van der Waals surface area contributed by atoms with Gasteiger partial charge in [0.2, 0.25) is 0 Å². The molecular formula is C28H27N7O2. The second-order valence-corrected chi connectivity index (χ2v) is 9.42. The Morgan fingerprint density at radius 3 is 2.73 bits per heavy atom. The van der Waals surface area contributed by atoms with Gasteiger partial charge in [-0.25, -0.2) is 19.4 Å². The molecule has 2 aromatic carbocycles. The van der Waals surface area contributed by atoms with E-state index >= 15 is 0 Å². The molecule has 1 saturated carbocycles. The van der Waals surface area contributed by atoms with Crippen LogP contribution in [-0.2, 0) is 4.84 Å². The maximum absolute atomic E-state index is 13.1. The van der Waals surface area contributed by atoms with Crippen molar-refractivity contribution in [3.8, 4) is 11.8 Å². The van der Waals surface area contributed by atoms with Crippen molar-refractivity contribution < 1.29 is 9.63 Å². The molecule has 9 nitrogen and oxygen atoms in total. The number of urea groups is 1. The Bertz CT molecular complexity index is 1530. The molecule has 1 saturated heterocycles. The number of aromatic nitrogens is 4. The maximum Gasteiger partial charge on any atom is 0.346 e. The van der Waals surface area contributed by atoms with Crippen molar-refractivity contribution in [2.75, 3.05) is 17.7 Å². The van der Waals surface area contributed by atoms with Gasteiger partial charge in [0.05, 0.1) is 24.1 Å². The number of nitrogens with two attached hydrogens (primary N) is 1. The van der Waals surface area contributed by atoms with Crippen LogP contribution >= 0.6 is 0 Å². The Kier molecular flexibility index (Phi) is 5.94. The van der Waals surface area contributed by atoms with E-state index in [1.807, 2.05) is 60.1 Å². The second kappa shape index (κ2) is 9.56. The predicted molar refractivity (Wildman–Crippen MR) is 140 cm³/mol. The number of hydrogen-bond donors (Lipinski definition) is 2. The number of nitrogens with one attached hydrogen (secondary N) is 1. The summed E-state index contributed by atoms with van der Waals surface area (Å²) < 4.78 is 1.93. The van der Waals surface area contributed by atoms with Crippen LogP contribution in [0.4, 0.5) is 16.3 Å². The van der Waals surface area contributed by atoms with Crippen LogP contribution in [0.1, 0.15) is 60.2 Å². The number of rotatable bonds is 3. The molecule has 0 radical (unpaired) electrons. The summed E-state index contributed by atoms with van der Waals surface area (Å²) in [6.07, 6.45) is 5.53. The van der Waals surface area contributed by atoms with Crippen molar-refractivity contribution >= 4 is 28.6 Å². The molecule has 2 aromatic heterocycles. The van der Waals surface area contributed by atoms with E-state index < -0.39 is 0 Å². The summed E-state index contributed by atoms with van der Waals surface area (Å²) in [5.74, 6) is 6.78. The predicted octanol–water partition coefficient (Wildman–Crippen LogP) is 4.75. The maximum atomic E-state index is 13.1. The number of nitrogens with zero attached hydrogens (tertiary/aromatic N) is 5. The fraction of sp³-hybridized carbons (Fsp3) is 0.286. The highest BCUT2D eigenvalue weighted by Gasteiger charge is 2.32. The van der Waals surface area contributed by atoms with Crippen molar-refractivity contribution in [2.45, 2.75) is 44.7 Å². The zero-order chi connectivity index (χ0) is 25.4. The third-order valence-electron chi connectivity index (χ3n) is 7.03. The van der Waals surface area contributed by atoms with Gasteiger partial charge in [0.1, 0.15) is 17.8 Å². The Morgan fingerprint density at radius 1 is 1.11 bits per heavy atom. The van der Waals surface area contributed by atoms with Crippen LogP contribution in [0.15, 0.2) is 54.9 Å². The lowest BCUT2D eigenvalue weighted by atomic mass is 9.93. The fourth-order valence-corrected chi connectivity index (χ4v) is 4.76. The monoisotopic (exact) mass is 493 g/mol. The van der Waals surface area contributed by atoms with Crippen molar-refractivity contribution in [2.24, 2.45) is 0 Å². The first kappa shape index (κ1) is 23.0. The summed E-state index contributed by atoms with van der Waals surface area (Å²) in [4.78, 5) is 27.3. The number of fused-ring (bicyclic) bond motifs is 1. The van der Waals surface area contributed by atoms with Crippen LogP contribution in [0.5, 0.6) is 0 Å². The number of amides is 2. The summed E-state index contributed by atoms with van der Waals surface area (Å²) in [6.45, 7) is 2.47. The molecule has 0 unspecified atom stereocenters. The van der Waals surface area contributed by atoms with Crippen LogP contribution in [0.2, 0.25) is 0 Å². The Balaban J connectivity index is 1.26. The molecule has 2 amide bonds. The highest BCUT2D eigenvalue weighted by atomic mass is 16.7. The molecule has 186 valence electrons.